The van der Waals surface area contributed by atoms with Gasteiger partial charge in [0, 0.05) is 17.4 Å². The van der Waals surface area contributed by atoms with Crippen molar-refractivity contribution in [1.29, 1.82) is 0 Å². The molecule has 4 nitrogen and oxygen atoms in total. The van der Waals surface area contributed by atoms with Crippen LogP contribution >= 0.6 is 15.9 Å². The first-order chi connectivity index (χ1) is 8.81. The van der Waals surface area contributed by atoms with Gasteiger partial charge in [0.15, 0.2) is 0 Å². The average molecular weight is 329 g/mol. The van der Waals surface area contributed by atoms with E-state index < -0.39 is 11.4 Å². The number of amides is 2. The fourth-order valence-electron chi connectivity index (χ4n) is 2.04. The smallest absolute Gasteiger partial charge is 0.252 e. The SMILES string of the molecule is CC1(C)NC(=O)CCN(c2cc(Br)ccc2F)C1=O. The summed E-state index contributed by atoms with van der Waals surface area (Å²) in [4.78, 5) is 25.3. The van der Waals surface area contributed by atoms with Crippen LogP contribution in [0.5, 0.6) is 0 Å². The van der Waals surface area contributed by atoms with Gasteiger partial charge in [-0.25, -0.2) is 4.39 Å². The standard InChI is InChI=1S/C13H14BrFN2O2/c1-13(2)12(19)17(6-5-11(18)16-13)10-7-8(14)3-4-9(10)15/h3-4,7H,5-6H2,1-2H3,(H,16,18). The first kappa shape index (κ1) is 14.0. The number of nitrogens with one attached hydrogen (secondary N) is 1. The van der Waals surface area contributed by atoms with E-state index in [1.807, 2.05) is 0 Å². The highest BCUT2D eigenvalue weighted by molar-refractivity contribution is 9.10. The zero-order chi connectivity index (χ0) is 14.2. The molecule has 0 radical (unpaired) electrons. The van der Waals surface area contributed by atoms with E-state index >= 15 is 0 Å². The fourth-order valence-corrected chi connectivity index (χ4v) is 2.39. The minimum absolute atomic E-state index is 0.154. The summed E-state index contributed by atoms with van der Waals surface area (Å²) in [6, 6.07) is 4.40. The molecule has 2 amide bonds. The Balaban J connectivity index is 2.45. The molecule has 102 valence electrons. The van der Waals surface area contributed by atoms with Crippen molar-refractivity contribution in [2.75, 3.05) is 11.4 Å². The zero-order valence-electron chi connectivity index (χ0n) is 10.7. The molecule has 2 rings (SSSR count). The molecule has 0 unspecified atom stereocenters. The number of benzene rings is 1. The molecule has 0 spiro atoms. The third-order valence-electron chi connectivity index (χ3n) is 2.99. The second-order valence-corrected chi connectivity index (χ2v) is 5.89. The normalized spacial score (nSPS) is 19.1. The predicted octanol–water partition coefficient (Wildman–Crippen LogP) is 2.22. The van der Waals surface area contributed by atoms with Crippen LogP contribution in [0.4, 0.5) is 10.1 Å². The van der Waals surface area contributed by atoms with Gasteiger partial charge < -0.3 is 10.2 Å². The lowest BCUT2D eigenvalue weighted by Gasteiger charge is -2.29. The molecule has 1 heterocycles. The van der Waals surface area contributed by atoms with Crippen LogP contribution in [0.25, 0.3) is 0 Å². The Kier molecular flexibility index (Phi) is 3.62. The number of hydrogen-bond donors (Lipinski definition) is 1. The number of nitrogens with zero attached hydrogens (tertiary/aromatic N) is 1. The Hall–Kier alpha value is -1.43. The number of carbonyl (C=O) groups is 2. The molecule has 1 N–H and O–H groups in total. The van der Waals surface area contributed by atoms with E-state index in [0.29, 0.717) is 4.47 Å². The van der Waals surface area contributed by atoms with Crippen molar-refractivity contribution in [3.8, 4) is 0 Å². The van der Waals surface area contributed by atoms with E-state index in [9.17, 15) is 14.0 Å². The van der Waals surface area contributed by atoms with Crippen molar-refractivity contribution in [3.63, 3.8) is 0 Å². The van der Waals surface area contributed by atoms with Gasteiger partial charge in [-0.1, -0.05) is 15.9 Å². The maximum atomic E-state index is 13.9. The second-order valence-electron chi connectivity index (χ2n) is 4.98. The molecular weight excluding hydrogens is 315 g/mol. The average Bonchev–Trinajstić information content (AvgIpc) is 2.41. The quantitative estimate of drug-likeness (QED) is 0.859. The summed E-state index contributed by atoms with van der Waals surface area (Å²) in [5.41, 5.74) is -0.855. The number of rotatable bonds is 1. The summed E-state index contributed by atoms with van der Waals surface area (Å²) in [5.74, 6) is -1.02. The Morgan fingerprint density at radius 1 is 1.37 bits per heavy atom. The number of carbonyl (C=O) groups excluding carboxylic acids is 2. The lowest BCUT2D eigenvalue weighted by molar-refractivity contribution is -0.128. The van der Waals surface area contributed by atoms with Crippen LogP contribution < -0.4 is 10.2 Å². The minimum Gasteiger partial charge on any atom is -0.342 e. The Bertz CT molecular complexity index is 545. The van der Waals surface area contributed by atoms with Gasteiger partial charge in [0.05, 0.1) is 5.69 Å². The molecule has 0 saturated carbocycles. The van der Waals surface area contributed by atoms with E-state index in [2.05, 4.69) is 21.2 Å². The Morgan fingerprint density at radius 2 is 2.05 bits per heavy atom. The molecule has 19 heavy (non-hydrogen) atoms. The van der Waals surface area contributed by atoms with E-state index in [1.54, 1.807) is 26.0 Å². The van der Waals surface area contributed by atoms with Crippen LogP contribution in [0, 0.1) is 5.82 Å². The van der Waals surface area contributed by atoms with E-state index in [1.165, 1.54) is 11.0 Å². The maximum Gasteiger partial charge on any atom is 0.252 e. The van der Waals surface area contributed by atoms with Gasteiger partial charge in [0.2, 0.25) is 5.91 Å². The molecule has 0 aromatic heterocycles. The van der Waals surface area contributed by atoms with E-state index in [-0.39, 0.29) is 30.5 Å². The van der Waals surface area contributed by atoms with Gasteiger partial charge in [-0.15, -0.1) is 0 Å². The van der Waals surface area contributed by atoms with Gasteiger partial charge >= 0.3 is 0 Å². The van der Waals surface area contributed by atoms with Crippen molar-refractivity contribution < 1.29 is 14.0 Å². The summed E-state index contributed by atoms with van der Waals surface area (Å²) < 4.78 is 14.6. The molecule has 0 atom stereocenters. The molecular formula is C13H14BrFN2O2. The largest absolute Gasteiger partial charge is 0.342 e. The maximum absolute atomic E-state index is 13.9. The van der Waals surface area contributed by atoms with E-state index in [4.69, 9.17) is 0 Å². The molecule has 1 aliphatic rings. The zero-order valence-corrected chi connectivity index (χ0v) is 12.3. The van der Waals surface area contributed by atoms with Crippen LogP contribution in [0.2, 0.25) is 0 Å². The van der Waals surface area contributed by atoms with Crippen LogP contribution in [0.1, 0.15) is 20.3 Å². The topological polar surface area (TPSA) is 49.4 Å². The van der Waals surface area contributed by atoms with Crippen LogP contribution in [-0.2, 0) is 9.59 Å². The first-order valence-electron chi connectivity index (χ1n) is 5.89. The Labute approximate surface area is 119 Å². The summed E-state index contributed by atoms with van der Waals surface area (Å²) in [7, 11) is 0. The fraction of sp³-hybridized carbons (Fsp3) is 0.385. The van der Waals surface area contributed by atoms with Gasteiger partial charge in [-0.2, -0.15) is 0 Å². The molecule has 1 aromatic rings. The van der Waals surface area contributed by atoms with Gasteiger partial charge in [-0.05, 0) is 32.0 Å². The number of anilines is 1. The molecule has 1 aliphatic heterocycles. The van der Waals surface area contributed by atoms with Crippen molar-refractivity contribution >= 4 is 33.4 Å². The molecule has 1 aromatic carbocycles. The van der Waals surface area contributed by atoms with Crippen molar-refractivity contribution in [1.82, 2.24) is 5.32 Å². The summed E-state index contributed by atoms with van der Waals surface area (Å²) in [6.45, 7) is 3.39. The number of hydrogen-bond acceptors (Lipinski definition) is 2. The molecule has 6 heteroatoms. The third kappa shape index (κ3) is 2.78. The van der Waals surface area contributed by atoms with Crippen molar-refractivity contribution in [3.05, 3.63) is 28.5 Å². The van der Waals surface area contributed by atoms with Crippen molar-refractivity contribution in [2.24, 2.45) is 0 Å². The van der Waals surface area contributed by atoms with Gasteiger partial charge in [0.1, 0.15) is 11.4 Å². The van der Waals surface area contributed by atoms with E-state index in [0.717, 1.165) is 0 Å². The first-order valence-corrected chi connectivity index (χ1v) is 6.68. The number of halogens is 2. The monoisotopic (exact) mass is 328 g/mol. The van der Waals surface area contributed by atoms with Crippen LogP contribution in [0.15, 0.2) is 22.7 Å². The van der Waals surface area contributed by atoms with Crippen LogP contribution in [-0.4, -0.2) is 23.9 Å². The summed E-state index contributed by atoms with van der Waals surface area (Å²) in [5, 5.41) is 2.64. The predicted molar refractivity (Wildman–Crippen MR) is 73.3 cm³/mol. The lowest BCUT2D eigenvalue weighted by Crippen LogP contribution is -2.53. The summed E-state index contributed by atoms with van der Waals surface area (Å²) >= 11 is 3.26. The highest BCUT2D eigenvalue weighted by Gasteiger charge is 2.37. The lowest BCUT2D eigenvalue weighted by atomic mass is 10.0. The van der Waals surface area contributed by atoms with Gasteiger partial charge in [0.25, 0.3) is 5.91 Å². The Morgan fingerprint density at radius 3 is 2.74 bits per heavy atom. The highest BCUT2D eigenvalue weighted by atomic mass is 79.9. The molecule has 1 fully saturated rings. The molecule has 0 bridgehead atoms. The third-order valence-corrected chi connectivity index (χ3v) is 3.49. The van der Waals surface area contributed by atoms with Crippen molar-refractivity contribution in [2.45, 2.75) is 25.8 Å². The van der Waals surface area contributed by atoms with Gasteiger partial charge in [-0.3, -0.25) is 9.59 Å². The minimum atomic E-state index is -1.04. The molecule has 0 aliphatic carbocycles. The second kappa shape index (κ2) is 4.92. The highest BCUT2D eigenvalue weighted by Crippen LogP contribution is 2.27. The summed E-state index contributed by atoms with van der Waals surface area (Å²) in [6.07, 6.45) is 0.154. The molecule has 1 saturated heterocycles. The van der Waals surface area contributed by atoms with Crippen LogP contribution in [0.3, 0.4) is 0 Å².